The fraction of sp³-hybridized carbons (Fsp3) is 0.316. The Balaban J connectivity index is 1.43. The molecule has 2 N–H and O–H groups in total. The molecule has 9 nitrogen and oxygen atoms in total. The van der Waals surface area contributed by atoms with Crippen molar-refractivity contribution in [2.75, 3.05) is 19.6 Å². The molecular formula is C19H21N7O2. The Kier molecular flexibility index (Phi) is 4.88. The number of amides is 2. The van der Waals surface area contributed by atoms with Gasteiger partial charge in [0.05, 0.1) is 30.7 Å². The van der Waals surface area contributed by atoms with Crippen molar-refractivity contribution < 1.29 is 9.59 Å². The molecule has 1 aliphatic rings. The van der Waals surface area contributed by atoms with Gasteiger partial charge >= 0.3 is 0 Å². The number of aromatic amines is 1. The van der Waals surface area contributed by atoms with Crippen molar-refractivity contribution in [2.45, 2.75) is 13.0 Å². The number of imidazole rings is 1. The Morgan fingerprint density at radius 3 is 2.71 bits per heavy atom. The maximum atomic E-state index is 13.0. The molecule has 0 bridgehead atoms. The number of H-pyrrole nitrogens is 1. The van der Waals surface area contributed by atoms with Crippen LogP contribution in [0.25, 0.3) is 0 Å². The van der Waals surface area contributed by atoms with Gasteiger partial charge in [-0.1, -0.05) is 35.5 Å². The Hall–Kier alpha value is -3.49. The molecule has 1 aromatic carbocycles. The SMILES string of the molecule is O=C(c1cnc[nH]1)N1CC(Cc2ccccc2)(C(=O)NCCn2ccnn2)C1. The standard InChI is InChI=1S/C19H21N7O2/c27-17(16-11-20-14-22-16)25-12-19(13-25,10-15-4-2-1-3-5-15)18(28)21-6-8-26-9-7-23-24-26/h1-5,7,9,11,14H,6,8,10,12-13H2,(H,20,22)(H,21,28). The Morgan fingerprint density at radius 2 is 2.04 bits per heavy atom. The molecule has 1 saturated heterocycles. The van der Waals surface area contributed by atoms with E-state index in [1.807, 2.05) is 30.3 Å². The van der Waals surface area contributed by atoms with Gasteiger partial charge in [0.1, 0.15) is 5.69 Å². The molecule has 0 saturated carbocycles. The first-order chi connectivity index (χ1) is 13.7. The Morgan fingerprint density at radius 1 is 1.21 bits per heavy atom. The van der Waals surface area contributed by atoms with Crippen LogP contribution in [0, 0.1) is 5.41 Å². The van der Waals surface area contributed by atoms with E-state index >= 15 is 0 Å². The van der Waals surface area contributed by atoms with Gasteiger partial charge in [0, 0.05) is 25.8 Å². The lowest BCUT2D eigenvalue weighted by Crippen LogP contribution is -2.65. The summed E-state index contributed by atoms with van der Waals surface area (Å²) in [6.07, 6.45) is 6.90. The van der Waals surface area contributed by atoms with Crippen LogP contribution in [-0.4, -0.2) is 61.3 Å². The maximum absolute atomic E-state index is 13.0. The third-order valence-corrected chi connectivity index (χ3v) is 4.97. The van der Waals surface area contributed by atoms with Crippen LogP contribution in [0.2, 0.25) is 0 Å². The van der Waals surface area contributed by atoms with E-state index < -0.39 is 5.41 Å². The maximum Gasteiger partial charge on any atom is 0.271 e. The Bertz CT molecular complexity index is 917. The summed E-state index contributed by atoms with van der Waals surface area (Å²) in [5.41, 5.74) is 0.863. The number of aromatic nitrogens is 5. The minimum atomic E-state index is -0.639. The van der Waals surface area contributed by atoms with Crippen LogP contribution in [-0.2, 0) is 17.8 Å². The molecule has 0 spiro atoms. The van der Waals surface area contributed by atoms with E-state index in [4.69, 9.17) is 0 Å². The molecule has 3 aromatic rings. The normalized spacial score (nSPS) is 15.1. The highest BCUT2D eigenvalue weighted by atomic mass is 16.2. The van der Waals surface area contributed by atoms with Crippen molar-refractivity contribution in [3.05, 3.63) is 66.5 Å². The average Bonchev–Trinajstić information content (AvgIpc) is 3.38. The van der Waals surface area contributed by atoms with Gasteiger partial charge in [-0.2, -0.15) is 0 Å². The monoisotopic (exact) mass is 379 g/mol. The molecule has 4 rings (SSSR count). The Labute approximate surface area is 161 Å². The number of benzene rings is 1. The fourth-order valence-corrected chi connectivity index (χ4v) is 3.52. The average molecular weight is 379 g/mol. The summed E-state index contributed by atoms with van der Waals surface area (Å²) in [7, 11) is 0. The highest BCUT2D eigenvalue weighted by molar-refractivity contribution is 5.95. The summed E-state index contributed by atoms with van der Waals surface area (Å²) in [4.78, 5) is 33.9. The zero-order valence-corrected chi connectivity index (χ0v) is 15.3. The smallest absolute Gasteiger partial charge is 0.271 e. The van der Waals surface area contributed by atoms with Crippen LogP contribution in [0.4, 0.5) is 0 Å². The van der Waals surface area contributed by atoms with E-state index in [9.17, 15) is 9.59 Å². The van der Waals surface area contributed by atoms with Gasteiger partial charge in [-0.15, -0.1) is 5.10 Å². The van der Waals surface area contributed by atoms with Gasteiger partial charge < -0.3 is 15.2 Å². The topological polar surface area (TPSA) is 109 Å². The molecule has 2 aromatic heterocycles. The van der Waals surface area contributed by atoms with E-state index in [2.05, 4.69) is 25.6 Å². The van der Waals surface area contributed by atoms with Gasteiger partial charge in [-0.25, -0.2) is 4.98 Å². The lowest BCUT2D eigenvalue weighted by Gasteiger charge is -2.48. The van der Waals surface area contributed by atoms with Crippen LogP contribution in [0.15, 0.2) is 55.2 Å². The van der Waals surface area contributed by atoms with Gasteiger partial charge in [-0.05, 0) is 12.0 Å². The molecular weight excluding hydrogens is 358 g/mol. The lowest BCUT2D eigenvalue weighted by atomic mass is 9.73. The van der Waals surface area contributed by atoms with Gasteiger partial charge in [-0.3, -0.25) is 14.3 Å². The molecule has 144 valence electrons. The van der Waals surface area contributed by atoms with Crippen LogP contribution < -0.4 is 5.32 Å². The number of hydrogen-bond acceptors (Lipinski definition) is 5. The van der Waals surface area contributed by atoms with Crippen molar-refractivity contribution in [2.24, 2.45) is 5.41 Å². The fourth-order valence-electron chi connectivity index (χ4n) is 3.52. The molecule has 9 heteroatoms. The van der Waals surface area contributed by atoms with Gasteiger partial charge in [0.2, 0.25) is 5.91 Å². The molecule has 0 unspecified atom stereocenters. The zero-order chi connectivity index (χ0) is 19.4. The second-order valence-electron chi connectivity index (χ2n) is 6.99. The minimum absolute atomic E-state index is 0.0508. The molecule has 1 aliphatic heterocycles. The number of nitrogens with one attached hydrogen (secondary N) is 2. The second-order valence-corrected chi connectivity index (χ2v) is 6.99. The minimum Gasteiger partial charge on any atom is -0.354 e. The number of rotatable bonds is 7. The summed E-state index contributed by atoms with van der Waals surface area (Å²) < 4.78 is 1.67. The van der Waals surface area contributed by atoms with Crippen molar-refractivity contribution >= 4 is 11.8 Å². The van der Waals surface area contributed by atoms with E-state index in [1.165, 1.54) is 12.5 Å². The molecule has 3 heterocycles. The molecule has 1 fully saturated rings. The molecule has 2 amide bonds. The van der Waals surface area contributed by atoms with Crippen molar-refractivity contribution in [3.8, 4) is 0 Å². The highest BCUT2D eigenvalue weighted by Crippen LogP contribution is 2.35. The van der Waals surface area contributed by atoms with E-state index in [0.29, 0.717) is 38.3 Å². The summed E-state index contributed by atoms with van der Waals surface area (Å²) in [6, 6.07) is 9.87. The number of likely N-dealkylation sites (tertiary alicyclic amines) is 1. The third-order valence-electron chi connectivity index (χ3n) is 4.97. The van der Waals surface area contributed by atoms with E-state index in [1.54, 1.807) is 22.0 Å². The predicted octanol–water partition coefficient (Wildman–Crippen LogP) is 0.502. The molecule has 0 atom stereocenters. The van der Waals surface area contributed by atoms with Gasteiger partial charge in [0.25, 0.3) is 5.91 Å². The number of carbonyl (C=O) groups is 2. The summed E-state index contributed by atoms with van der Waals surface area (Å²) in [5, 5.41) is 10.6. The third kappa shape index (κ3) is 3.64. The van der Waals surface area contributed by atoms with E-state index in [-0.39, 0.29) is 11.8 Å². The predicted molar refractivity (Wildman–Crippen MR) is 100 cm³/mol. The van der Waals surface area contributed by atoms with Crippen molar-refractivity contribution in [1.82, 2.24) is 35.2 Å². The number of hydrogen-bond donors (Lipinski definition) is 2. The second kappa shape index (κ2) is 7.63. The van der Waals surface area contributed by atoms with Gasteiger partial charge in [0.15, 0.2) is 0 Å². The first kappa shape index (κ1) is 17.9. The van der Waals surface area contributed by atoms with Crippen LogP contribution >= 0.6 is 0 Å². The lowest BCUT2D eigenvalue weighted by molar-refractivity contribution is -0.139. The molecule has 0 radical (unpaired) electrons. The number of nitrogens with zero attached hydrogens (tertiary/aromatic N) is 5. The quantitative estimate of drug-likeness (QED) is 0.621. The van der Waals surface area contributed by atoms with Crippen LogP contribution in [0.1, 0.15) is 16.1 Å². The van der Waals surface area contributed by atoms with Crippen LogP contribution in [0.3, 0.4) is 0 Å². The first-order valence-electron chi connectivity index (χ1n) is 9.10. The van der Waals surface area contributed by atoms with Crippen molar-refractivity contribution in [3.63, 3.8) is 0 Å². The summed E-state index contributed by atoms with van der Waals surface area (Å²) >= 11 is 0. The van der Waals surface area contributed by atoms with Crippen molar-refractivity contribution in [1.29, 1.82) is 0 Å². The molecule has 28 heavy (non-hydrogen) atoms. The zero-order valence-electron chi connectivity index (χ0n) is 15.3. The number of carbonyl (C=O) groups excluding carboxylic acids is 2. The van der Waals surface area contributed by atoms with E-state index in [0.717, 1.165) is 5.56 Å². The summed E-state index contributed by atoms with van der Waals surface area (Å²) in [6.45, 7) is 1.74. The van der Waals surface area contributed by atoms with Crippen LogP contribution in [0.5, 0.6) is 0 Å². The summed E-state index contributed by atoms with van der Waals surface area (Å²) in [5.74, 6) is -0.193. The largest absolute Gasteiger partial charge is 0.354 e. The highest BCUT2D eigenvalue weighted by Gasteiger charge is 2.51. The first-order valence-corrected chi connectivity index (χ1v) is 9.10. The molecule has 0 aliphatic carbocycles.